The highest BCUT2D eigenvalue weighted by atomic mass is 31.2. The fourth-order valence-corrected chi connectivity index (χ4v) is 10.4. The lowest BCUT2D eigenvalue weighted by Gasteiger charge is -2.24. The summed E-state index contributed by atoms with van der Waals surface area (Å²) in [7, 11) is 1.49. The van der Waals surface area contributed by atoms with Gasteiger partial charge in [-0.15, -0.1) is 0 Å². The number of carbonyl (C=O) groups excluding carboxylic acids is 2. The Morgan fingerprint density at radius 2 is 0.720 bits per heavy atom. The molecule has 75 heavy (non-hydrogen) atoms. The summed E-state index contributed by atoms with van der Waals surface area (Å²) in [6.07, 6.45) is 69.8. The summed E-state index contributed by atoms with van der Waals surface area (Å²) < 4.78 is 34.7. The zero-order chi connectivity index (χ0) is 54.9. The van der Waals surface area contributed by atoms with E-state index in [4.69, 9.17) is 18.5 Å². The first-order valence-corrected chi connectivity index (χ1v) is 34.1. The number of hydrogen-bond donors (Lipinski definition) is 1. The van der Waals surface area contributed by atoms with E-state index in [2.05, 4.69) is 38.2 Å². The minimum Gasteiger partial charge on any atom is -0.462 e. The molecule has 0 spiro atoms. The lowest BCUT2D eigenvalue weighted by Crippen LogP contribution is -2.37. The smallest absolute Gasteiger partial charge is 0.462 e. The molecule has 10 heteroatoms. The molecule has 1 N–H and O–H groups in total. The Bertz CT molecular complexity index is 1320. The number of ether oxygens (including phenoxy) is 2. The van der Waals surface area contributed by atoms with Gasteiger partial charge in [0, 0.05) is 12.8 Å². The van der Waals surface area contributed by atoms with E-state index < -0.39 is 26.5 Å². The minimum absolute atomic E-state index is 0.0341. The fraction of sp³-hybridized carbons (Fsp3) is 0.908. The van der Waals surface area contributed by atoms with Gasteiger partial charge < -0.3 is 18.9 Å². The van der Waals surface area contributed by atoms with Crippen LogP contribution in [0.25, 0.3) is 0 Å². The highest BCUT2D eigenvalue weighted by molar-refractivity contribution is 7.47. The minimum atomic E-state index is -4.39. The molecule has 0 aliphatic carbocycles. The van der Waals surface area contributed by atoms with Gasteiger partial charge in [0.05, 0.1) is 27.7 Å². The summed E-state index contributed by atoms with van der Waals surface area (Å²) in [5.74, 6) is -0.780. The third-order valence-corrected chi connectivity index (χ3v) is 15.7. The van der Waals surface area contributed by atoms with Crippen LogP contribution in [-0.4, -0.2) is 74.9 Å². The van der Waals surface area contributed by atoms with Gasteiger partial charge in [-0.25, -0.2) is 4.57 Å². The number of carbonyl (C=O) groups is 2. The molecule has 2 atom stereocenters. The monoisotopic (exact) mass is 1080 g/mol. The van der Waals surface area contributed by atoms with E-state index in [9.17, 15) is 19.0 Å². The van der Waals surface area contributed by atoms with Crippen LogP contribution in [0.4, 0.5) is 0 Å². The van der Waals surface area contributed by atoms with Crippen LogP contribution in [0, 0.1) is 0 Å². The van der Waals surface area contributed by atoms with Crippen molar-refractivity contribution in [3.63, 3.8) is 0 Å². The zero-order valence-electron chi connectivity index (χ0n) is 50.6. The van der Waals surface area contributed by atoms with Crippen molar-refractivity contribution in [1.29, 1.82) is 0 Å². The molecule has 0 amide bonds. The summed E-state index contributed by atoms with van der Waals surface area (Å²) in [5.41, 5.74) is 0. The molecule has 0 rings (SSSR count). The quantitative estimate of drug-likeness (QED) is 0.0211. The molecule has 0 saturated carbocycles. The van der Waals surface area contributed by atoms with Crippen molar-refractivity contribution in [2.24, 2.45) is 0 Å². The second-order valence-corrected chi connectivity index (χ2v) is 25.0. The first-order chi connectivity index (χ1) is 36.5. The SMILES string of the molecule is CCCCCCC/C=C\C/C=C\CCCCCCCCCCCCCC(=O)OC(COC(=O)CCCCCCCCCCCCCCCCCCCCCCCCCCCCCC)COP(=O)(O)OCC[N+](C)(C)C. The standard InChI is InChI=1S/C65H126NO8P/c1-6-8-10-12-14-16-18-20-22-24-26-28-30-31-32-33-34-36-37-39-41-43-45-47-49-51-53-55-57-64(67)71-61-63(62-73-75(69,70)72-60-59-66(3,4)5)74-65(68)58-56-54-52-50-48-46-44-42-40-38-35-29-27-25-23-21-19-17-15-13-11-9-7-2/h19,21,25,27,63H,6-18,20,22-24,26,28-62H2,1-5H3/p+1/b21-19-,27-25-. The van der Waals surface area contributed by atoms with E-state index in [1.807, 2.05) is 21.1 Å². The Hall–Kier alpha value is -1.51. The van der Waals surface area contributed by atoms with Gasteiger partial charge in [-0.2, -0.15) is 0 Å². The third-order valence-electron chi connectivity index (χ3n) is 14.7. The zero-order valence-corrected chi connectivity index (χ0v) is 51.5. The van der Waals surface area contributed by atoms with Gasteiger partial charge in [0.1, 0.15) is 19.8 Å². The van der Waals surface area contributed by atoms with E-state index in [1.54, 1.807) is 0 Å². The number of allylic oxidation sites excluding steroid dienone is 4. The van der Waals surface area contributed by atoms with Crippen LogP contribution in [-0.2, 0) is 32.7 Å². The molecule has 444 valence electrons. The van der Waals surface area contributed by atoms with Crippen LogP contribution < -0.4 is 0 Å². The van der Waals surface area contributed by atoms with Crippen LogP contribution in [0.2, 0.25) is 0 Å². The maximum Gasteiger partial charge on any atom is 0.472 e. The molecule has 0 aromatic carbocycles. The van der Waals surface area contributed by atoms with Gasteiger partial charge in [0.25, 0.3) is 0 Å². The lowest BCUT2D eigenvalue weighted by molar-refractivity contribution is -0.870. The molecule has 0 aromatic rings. The Labute approximate surface area is 466 Å². The predicted octanol–water partition coefficient (Wildman–Crippen LogP) is 20.5. The maximum atomic E-state index is 12.8. The number of phosphoric acid groups is 1. The Balaban J connectivity index is 4.04. The highest BCUT2D eigenvalue weighted by Crippen LogP contribution is 2.43. The van der Waals surface area contributed by atoms with Crippen LogP contribution in [0.3, 0.4) is 0 Å². The summed E-state index contributed by atoms with van der Waals surface area (Å²) in [6, 6.07) is 0. The molecule has 2 unspecified atom stereocenters. The van der Waals surface area contributed by atoms with Crippen molar-refractivity contribution in [3.05, 3.63) is 24.3 Å². The first-order valence-electron chi connectivity index (χ1n) is 32.6. The molecule has 0 radical (unpaired) electrons. The van der Waals surface area contributed by atoms with Gasteiger partial charge in [0.15, 0.2) is 6.10 Å². The lowest BCUT2D eigenvalue weighted by atomic mass is 10.0. The van der Waals surface area contributed by atoms with Crippen LogP contribution in [0.5, 0.6) is 0 Å². The molecule has 9 nitrogen and oxygen atoms in total. The van der Waals surface area contributed by atoms with Gasteiger partial charge in [-0.05, 0) is 44.9 Å². The molecule has 0 aliphatic rings. The molecule has 0 heterocycles. The predicted molar refractivity (Wildman–Crippen MR) is 321 cm³/mol. The molecule has 0 aliphatic heterocycles. The summed E-state index contributed by atoms with van der Waals surface area (Å²) in [5, 5.41) is 0. The molecule has 0 fully saturated rings. The number of likely N-dealkylation sites (N-methyl/N-ethyl adjacent to an activating group) is 1. The molecule has 0 saturated heterocycles. The second-order valence-electron chi connectivity index (χ2n) is 23.5. The molecular weight excluding hydrogens is 954 g/mol. The van der Waals surface area contributed by atoms with Gasteiger partial charge in [-0.3, -0.25) is 18.6 Å². The number of esters is 2. The van der Waals surface area contributed by atoms with Crippen molar-refractivity contribution in [2.45, 2.75) is 335 Å². The fourth-order valence-electron chi connectivity index (χ4n) is 9.70. The average molecular weight is 1080 g/mol. The topological polar surface area (TPSA) is 108 Å². The van der Waals surface area contributed by atoms with Crippen molar-refractivity contribution < 1.29 is 42.1 Å². The number of nitrogens with zero attached hydrogens (tertiary/aromatic N) is 1. The van der Waals surface area contributed by atoms with E-state index in [0.717, 1.165) is 38.5 Å². The first kappa shape index (κ1) is 73.5. The normalized spacial score (nSPS) is 13.3. The van der Waals surface area contributed by atoms with Crippen LogP contribution in [0.15, 0.2) is 24.3 Å². The number of rotatable bonds is 61. The Kier molecular flexibility index (Phi) is 56.0. The Morgan fingerprint density at radius 3 is 1.05 bits per heavy atom. The highest BCUT2D eigenvalue weighted by Gasteiger charge is 2.27. The average Bonchev–Trinajstić information content (AvgIpc) is 3.37. The summed E-state index contributed by atoms with van der Waals surface area (Å²) in [6.45, 7) is 4.49. The van der Waals surface area contributed by atoms with Gasteiger partial charge in [-0.1, -0.05) is 295 Å². The van der Waals surface area contributed by atoms with Gasteiger partial charge >= 0.3 is 19.8 Å². The number of quaternary nitrogens is 1. The maximum absolute atomic E-state index is 12.8. The van der Waals surface area contributed by atoms with E-state index in [0.29, 0.717) is 23.9 Å². The van der Waals surface area contributed by atoms with E-state index in [-0.39, 0.29) is 25.6 Å². The molecule has 0 bridgehead atoms. The van der Waals surface area contributed by atoms with Crippen molar-refractivity contribution in [1.82, 2.24) is 0 Å². The number of unbranched alkanes of at least 4 members (excludes halogenated alkanes) is 43. The van der Waals surface area contributed by atoms with Gasteiger partial charge in [0.2, 0.25) is 0 Å². The van der Waals surface area contributed by atoms with Crippen LogP contribution >= 0.6 is 7.82 Å². The van der Waals surface area contributed by atoms with Crippen molar-refractivity contribution in [2.75, 3.05) is 47.5 Å². The number of hydrogen-bond acceptors (Lipinski definition) is 7. The summed E-state index contributed by atoms with van der Waals surface area (Å²) >= 11 is 0. The van der Waals surface area contributed by atoms with E-state index >= 15 is 0 Å². The second kappa shape index (κ2) is 57.2. The number of phosphoric ester groups is 1. The van der Waals surface area contributed by atoms with Crippen molar-refractivity contribution in [3.8, 4) is 0 Å². The third kappa shape index (κ3) is 61.6. The van der Waals surface area contributed by atoms with Crippen molar-refractivity contribution >= 4 is 19.8 Å². The molecule has 0 aromatic heterocycles. The van der Waals surface area contributed by atoms with E-state index in [1.165, 1.54) is 257 Å². The molecular formula is C65H127NO8P+. The Morgan fingerprint density at radius 1 is 0.413 bits per heavy atom. The largest absolute Gasteiger partial charge is 0.472 e. The van der Waals surface area contributed by atoms with Crippen LogP contribution in [0.1, 0.15) is 328 Å². The summed E-state index contributed by atoms with van der Waals surface area (Å²) in [4.78, 5) is 35.8.